The van der Waals surface area contributed by atoms with Gasteiger partial charge in [-0.2, -0.15) is 0 Å². The smallest absolute Gasteiger partial charge is 0.228 e. The lowest BCUT2D eigenvalue weighted by Crippen LogP contribution is -2.26. The fourth-order valence-corrected chi connectivity index (χ4v) is 1.92. The molecule has 1 saturated heterocycles. The molecule has 0 N–H and O–H groups in total. The van der Waals surface area contributed by atoms with Crippen LogP contribution in [0.15, 0.2) is 6.07 Å². The van der Waals surface area contributed by atoms with Crippen molar-refractivity contribution in [2.75, 3.05) is 11.4 Å². The van der Waals surface area contributed by atoms with Gasteiger partial charge in [0.2, 0.25) is 5.91 Å². The van der Waals surface area contributed by atoms with Gasteiger partial charge >= 0.3 is 0 Å². The minimum atomic E-state index is -1.94. The third kappa shape index (κ3) is 1.97. The monoisotopic (exact) mass is 267 g/mol. The highest BCUT2D eigenvalue weighted by molar-refractivity contribution is 6.24. The number of halogens is 5. The zero-order valence-electron chi connectivity index (χ0n) is 8.31. The van der Waals surface area contributed by atoms with E-state index in [-0.39, 0.29) is 13.0 Å². The molecule has 7 heteroatoms. The molecule has 0 aromatic heterocycles. The van der Waals surface area contributed by atoms with Crippen LogP contribution in [0.25, 0.3) is 0 Å². The first-order valence-electron chi connectivity index (χ1n) is 4.69. The van der Waals surface area contributed by atoms with Crippen LogP contribution in [0.3, 0.4) is 0 Å². The highest BCUT2D eigenvalue weighted by atomic mass is 35.5. The van der Waals surface area contributed by atoms with Crippen LogP contribution >= 0.6 is 11.6 Å². The fraction of sp³-hybridized carbons (Fsp3) is 0.300. The van der Waals surface area contributed by atoms with Crippen LogP contribution in [0, 0.1) is 23.3 Å². The predicted molar refractivity (Wildman–Crippen MR) is 52.9 cm³/mol. The first kappa shape index (κ1) is 12.2. The van der Waals surface area contributed by atoms with Crippen LogP contribution in [0.4, 0.5) is 23.2 Å². The summed E-state index contributed by atoms with van der Waals surface area (Å²) in [6.07, 6.45) is -0.0540. The Labute approximate surface area is 98.8 Å². The van der Waals surface area contributed by atoms with E-state index in [1.807, 2.05) is 0 Å². The van der Waals surface area contributed by atoms with Gasteiger partial charge in [-0.25, -0.2) is 17.6 Å². The molecule has 1 aromatic carbocycles. The van der Waals surface area contributed by atoms with E-state index in [1.54, 1.807) is 0 Å². The largest absolute Gasteiger partial charge is 0.308 e. The third-order valence-electron chi connectivity index (χ3n) is 2.45. The van der Waals surface area contributed by atoms with E-state index in [0.29, 0.717) is 6.07 Å². The van der Waals surface area contributed by atoms with E-state index in [1.165, 1.54) is 0 Å². The summed E-state index contributed by atoms with van der Waals surface area (Å²) in [6.45, 7) is -0.0676. The molecule has 1 aliphatic rings. The molecule has 1 fully saturated rings. The summed E-state index contributed by atoms with van der Waals surface area (Å²) >= 11 is 5.67. The summed E-state index contributed by atoms with van der Waals surface area (Å²) < 4.78 is 52.0. The Morgan fingerprint density at radius 1 is 1.18 bits per heavy atom. The van der Waals surface area contributed by atoms with Crippen molar-refractivity contribution < 1.29 is 22.4 Å². The maximum absolute atomic E-state index is 13.4. The molecule has 92 valence electrons. The Balaban J connectivity index is 2.50. The van der Waals surface area contributed by atoms with Crippen LogP contribution in [0.5, 0.6) is 0 Å². The molecule has 0 aliphatic carbocycles. The zero-order chi connectivity index (χ0) is 12.7. The highest BCUT2D eigenvalue weighted by Gasteiger charge is 2.33. The number of rotatable bonds is 1. The summed E-state index contributed by atoms with van der Waals surface area (Å²) in [7, 11) is 0. The van der Waals surface area contributed by atoms with E-state index in [9.17, 15) is 22.4 Å². The topological polar surface area (TPSA) is 20.3 Å². The summed E-state index contributed by atoms with van der Waals surface area (Å²) in [5.41, 5.74) is -0.630. The number of anilines is 1. The van der Waals surface area contributed by atoms with Crippen molar-refractivity contribution in [3.63, 3.8) is 0 Å². The lowest BCUT2D eigenvalue weighted by molar-refractivity contribution is -0.117. The lowest BCUT2D eigenvalue weighted by Gasteiger charge is -2.17. The molecule has 1 amide bonds. The second kappa shape index (κ2) is 4.18. The molecule has 0 spiro atoms. The van der Waals surface area contributed by atoms with Crippen molar-refractivity contribution in [3.05, 3.63) is 29.3 Å². The van der Waals surface area contributed by atoms with Gasteiger partial charge in [0.1, 0.15) is 0 Å². The van der Waals surface area contributed by atoms with Crippen molar-refractivity contribution in [1.82, 2.24) is 0 Å². The second-order valence-electron chi connectivity index (χ2n) is 3.63. The third-order valence-corrected chi connectivity index (χ3v) is 2.74. The SMILES string of the molecule is O=C1CC(Cl)CN1c1cc(F)c(F)c(F)c1F. The van der Waals surface area contributed by atoms with Crippen molar-refractivity contribution in [1.29, 1.82) is 0 Å². The van der Waals surface area contributed by atoms with Crippen molar-refractivity contribution in [2.45, 2.75) is 11.8 Å². The molecular weight excluding hydrogens is 262 g/mol. The molecule has 1 aliphatic heterocycles. The standard InChI is InChI=1S/C10H6ClF4NO/c11-4-1-7(17)16(3-4)6-2-5(12)8(13)10(15)9(6)14/h2,4H,1,3H2. The predicted octanol–water partition coefficient (Wildman–Crippen LogP) is 2.59. The minimum Gasteiger partial charge on any atom is -0.308 e. The molecule has 1 unspecified atom stereocenters. The summed E-state index contributed by atoms with van der Waals surface area (Å²) in [5.74, 6) is -7.55. The normalized spacial score (nSPS) is 20.2. The molecular formula is C10H6ClF4NO. The van der Waals surface area contributed by atoms with Crippen LogP contribution in [-0.4, -0.2) is 17.8 Å². The minimum absolute atomic E-state index is 0.0540. The molecule has 1 atom stereocenters. The average molecular weight is 268 g/mol. The number of hydrogen-bond donors (Lipinski definition) is 0. The molecule has 0 saturated carbocycles. The molecule has 1 aromatic rings. The molecule has 0 bridgehead atoms. The van der Waals surface area contributed by atoms with E-state index in [0.717, 1.165) is 4.90 Å². The summed E-state index contributed by atoms with van der Waals surface area (Å²) in [5, 5.41) is -0.557. The van der Waals surface area contributed by atoms with Gasteiger partial charge in [-0.15, -0.1) is 11.6 Å². The Morgan fingerprint density at radius 2 is 1.82 bits per heavy atom. The van der Waals surface area contributed by atoms with Crippen LogP contribution < -0.4 is 4.90 Å². The Morgan fingerprint density at radius 3 is 2.35 bits per heavy atom. The van der Waals surface area contributed by atoms with E-state index < -0.39 is 40.2 Å². The maximum atomic E-state index is 13.4. The van der Waals surface area contributed by atoms with Gasteiger partial charge in [-0.05, 0) is 0 Å². The first-order valence-corrected chi connectivity index (χ1v) is 5.13. The number of amides is 1. The Hall–Kier alpha value is -1.30. The zero-order valence-corrected chi connectivity index (χ0v) is 9.07. The second-order valence-corrected chi connectivity index (χ2v) is 4.24. The quantitative estimate of drug-likeness (QED) is 0.331. The summed E-state index contributed by atoms with van der Waals surface area (Å²) in [4.78, 5) is 12.2. The van der Waals surface area contributed by atoms with E-state index in [4.69, 9.17) is 11.6 Å². The fourth-order valence-electron chi connectivity index (χ4n) is 1.65. The van der Waals surface area contributed by atoms with Gasteiger partial charge < -0.3 is 4.90 Å². The van der Waals surface area contributed by atoms with Gasteiger partial charge in [0.25, 0.3) is 0 Å². The van der Waals surface area contributed by atoms with Gasteiger partial charge in [-0.3, -0.25) is 4.79 Å². The van der Waals surface area contributed by atoms with Gasteiger partial charge in [0.05, 0.1) is 11.1 Å². The number of benzene rings is 1. The van der Waals surface area contributed by atoms with E-state index >= 15 is 0 Å². The van der Waals surface area contributed by atoms with Crippen LogP contribution in [0.1, 0.15) is 6.42 Å². The molecule has 1 heterocycles. The Bertz CT molecular complexity index is 494. The van der Waals surface area contributed by atoms with Gasteiger partial charge in [0.15, 0.2) is 23.3 Å². The Kier molecular flexibility index (Phi) is 2.99. The number of carbonyl (C=O) groups excluding carboxylic acids is 1. The average Bonchev–Trinajstić information content (AvgIpc) is 2.60. The van der Waals surface area contributed by atoms with Crippen molar-refractivity contribution in [2.24, 2.45) is 0 Å². The van der Waals surface area contributed by atoms with Crippen molar-refractivity contribution >= 4 is 23.2 Å². The summed E-state index contributed by atoms with van der Waals surface area (Å²) in [6, 6.07) is 0.445. The number of alkyl halides is 1. The van der Waals surface area contributed by atoms with Crippen molar-refractivity contribution in [3.8, 4) is 0 Å². The number of hydrogen-bond acceptors (Lipinski definition) is 1. The number of nitrogens with zero attached hydrogens (tertiary/aromatic N) is 1. The highest BCUT2D eigenvalue weighted by Crippen LogP contribution is 2.30. The van der Waals surface area contributed by atoms with Crippen LogP contribution in [0.2, 0.25) is 0 Å². The van der Waals surface area contributed by atoms with E-state index in [2.05, 4.69) is 0 Å². The van der Waals surface area contributed by atoms with Crippen LogP contribution in [-0.2, 0) is 4.79 Å². The number of carbonyl (C=O) groups is 1. The molecule has 2 rings (SSSR count). The lowest BCUT2D eigenvalue weighted by atomic mass is 10.2. The van der Waals surface area contributed by atoms with Gasteiger partial charge in [0, 0.05) is 19.0 Å². The first-order chi connectivity index (χ1) is 7.91. The maximum Gasteiger partial charge on any atom is 0.228 e. The molecule has 17 heavy (non-hydrogen) atoms. The molecule has 2 nitrogen and oxygen atoms in total. The molecule has 0 radical (unpaired) electrons. The van der Waals surface area contributed by atoms with Gasteiger partial charge in [-0.1, -0.05) is 0 Å².